The Bertz CT molecular complexity index is 762. The summed E-state index contributed by atoms with van der Waals surface area (Å²) in [6.07, 6.45) is 5.20. The molecule has 0 bridgehead atoms. The van der Waals surface area contributed by atoms with Crippen LogP contribution in [-0.2, 0) is 24.7 Å². The van der Waals surface area contributed by atoms with Gasteiger partial charge in [0.25, 0.3) is 0 Å². The maximum atomic E-state index is 12.2. The summed E-state index contributed by atoms with van der Waals surface area (Å²) in [5, 5.41) is 5.54. The molecule has 0 amide bonds. The summed E-state index contributed by atoms with van der Waals surface area (Å²) in [4.78, 5) is 16.2. The molecule has 3 aromatic rings. The summed E-state index contributed by atoms with van der Waals surface area (Å²) >= 11 is 0. The fourth-order valence-electron chi connectivity index (χ4n) is 2.53. The molecule has 0 saturated carbocycles. The number of hydrogen-bond acceptors (Lipinski definition) is 3. The summed E-state index contributed by atoms with van der Waals surface area (Å²) in [6.45, 7) is 0. The molecule has 0 fully saturated rings. The smallest absolute Gasteiger partial charge is 0.139 e. The number of ketones is 1. The van der Waals surface area contributed by atoms with Crippen molar-refractivity contribution in [3.8, 4) is 0 Å². The van der Waals surface area contributed by atoms with Crippen molar-refractivity contribution in [2.45, 2.75) is 19.3 Å². The Kier molecular flexibility index (Phi) is 3.77. The number of Topliss-reactive ketones (excluding diaryl/α,β-unsaturated/α-hetero) is 1. The van der Waals surface area contributed by atoms with E-state index in [1.54, 1.807) is 12.4 Å². The predicted molar refractivity (Wildman–Crippen MR) is 82.0 cm³/mol. The SMILES string of the molecule is Cn1nc(CC(=O)CCc2ccncc2)c2ccccc21. The summed E-state index contributed by atoms with van der Waals surface area (Å²) < 4.78 is 1.83. The number of hydrogen-bond donors (Lipinski definition) is 0. The number of nitrogens with zero attached hydrogens (tertiary/aromatic N) is 3. The number of benzene rings is 1. The van der Waals surface area contributed by atoms with Gasteiger partial charge in [-0.05, 0) is 30.2 Å². The molecule has 2 heterocycles. The Morgan fingerprint density at radius 3 is 2.71 bits per heavy atom. The lowest BCUT2D eigenvalue weighted by Gasteiger charge is -2.00. The first-order chi connectivity index (χ1) is 10.2. The van der Waals surface area contributed by atoms with Crippen molar-refractivity contribution >= 4 is 16.7 Å². The monoisotopic (exact) mass is 279 g/mol. The molecule has 4 heteroatoms. The highest BCUT2D eigenvalue weighted by Gasteiger charge is 2.12. The second-order valence-corrected chi connectivity index (χ2v) is 5.16. The van der Waals surface area contributed by atoms with Gasteiger partial charge in [-0.2, -0.15) is 5.10 Å². The molecule has 0 N–H and O–H groups in total. The van der Waals surface area contributed by atoms with Crippen molar-refractivity contribution in [3.05, 3.63) is 60.0 Å². The van der Waals surface area contributed by atoms with Crippen molar-refractivity contribution in [2.24, 2.45) is 7.05 Å². The van der Waals surface area contributed by atoms with Gasteiger partial charge in [-0.1, -0.05) is 18.2 Å². The van der Waals surface area contributed by atoms with Crippen molar-refractivity contribution in [3.63, 3.8) is 0 Å². The van der Waals surface area contributed by atoms with Gasteiger partial charge in [0.15, 0.2) is 0 Å². The van der Waals surface area contributed by atoms with Gasteiger partial charge in [-0.15, -0.1) is 0 Å². The summed E-state index contributed by atoms with van der Waals surface area (Å²) in [5.41, 5.74) is 3.08. The van der Waals surface area contributed by atoms with E-state index in [4.69, 9.17) is 0 Å². The van der Waals surface area contributed by atoms with Gasteiger partial charge >= 0.3 is 0 Å². The van der Waals surface area contributed by atoms with Crippen LogP contribution in [0, 0.1) is 0 Å². The second-order valence-electron chi connectivity index (χ2n) is 5.16. The third kappa shape index (κ3) is 2.99. The third-order valence-electron chi connectivity index (χ3n) is 3.64. The van der Waals surface area contributed by atoms with Crippen LogP contribution in [0.4, 0.5) is 0 Å². The van der Waals surface area contributed by atoms with Gasteiger partial charge in [0.05, 0.1) is 17.6 Å². The lowest BCUT2D eigenvalue weighted by Crippen LogP contribution is -2.05. The molecule has 106 valence electrons. The number of pyridine rings is 1. The zero-order chi connectivity index (χ0) is 14.7. The lowest BCUT2D eigenvalue weighted by molar-refractivity contribution is -0.118. The molecule has 21 heavy (non-hydrogen) atoms. The number of carbonyl (C=O) groups is 1. The molecular formula is C17H17N3O. The van der Waals surface area contributed by atoms with E-state index in [0.29, 0.717) is 12.8 Å². The van der Waals surface area contributed by atoms with Gasteiger partial charge in [0.1, 0.15) is 5.78 Å². The van der Waals surface area contributed by atoms with Gasteiger partial charge < -0.3 is 0 Å². The quantitative estimate of drug-likeness (QED) is 0.721. The van der Waals surface area contributed by atoms with Crippen LogP contribution < -0.4 is 0 Å². The van der Waals surface area contributed by atoms with Crippen molar-refractivity contribution in [1.29, 1.82) is 0 Å². The summed E-state index contributed by atoms with van der Waals surface area (Å²) in [6, 6.07) is 11.9. The maximum absolute atomic E-state index is 12.2. The number of para-hydroxylation sites is 1. The van der Waals surface area contributed by atoms with E-state index in [-0.39, 0.29) is 5.78 Å². The molecule has 4 nitrogen and oxygen atoms in total. The Hall–Kier alpha value is -2.49. The summed E-state index contributed by atoms with van der Waals surface area (Å²) in [7, 11) is 1.91. The van der Waals surface area contributed by atoms with Crippen LogP contribution in [0.2, 0.25) is 0 Å². The predicted octanol–water partition coefficient (Wildman–Crippen LogP) is 2.71. The van der Waals surface area contributed by atoms with E-state index in [0.717, 1.165) is 28.6 Å². The van der Waals surface area contributed by atoms with Crippen LogP contribution in [0.15, 0.2) is 48.8 Å². The van der Waals surface area contributed by atoms with E-state index >= 15 is 0 Å². The molecule has 0 aliphatic rings. The zero-order valence-corrected chi connectivity index (χ0v) is 12.0. The lowest BCUT2D eigenvalue weighted by atomic mass is 10.0. The average molecular weight is 279 g/mol. The van der Waals surface area contributed by atoms with Crippen molar-refractivity contribution < 1.29 is 4.79 Å². The Morgan fingerprint density at radius 1 is 1.14 bits per heavy atom. The van der Waals surface area contributed by atoms with E-state index in [2.05, 4.69) is 10.1 Å². The minimum absolute atomic E-state index is 0.218. The molecule has 0 aliphatic heterocycles. The average Bonchev–Trinajstić information content (AvgIpc) is 2.83. The van der Waals surface area contributed by atoms with Crippen LogP contribution in [0.25, 0.3) is 10.9 Å². The largest absolute Gasteiger partial charge is 0.299 e. The number of aromatic nitrogens is 3. The van der Waals surface area contributed by atoms with Crippen molar-refractivity contribution in [1.82, 2.24) is 14.8 Å². The first-order valence-electron chi connectivity index (χ1n) is 7.05. The molecule has 0 unspecified atom stereocenters. The molecule has 0 atom stereocenters. The minimum atomic E-state index is 0.218. The van der Waals surface area contributed by atoms with Gasteiger partial charge in [-0.25, -0.2) is 0 Å². The molecule has 1 aromatic carbocycles. The molecule has 0 saturated heterocycles. The number of fused-ring (bicyclic) bond motifs is 1. The van der Waals surface area contributed by atoms with E-state index < -0.39 is 0 Å². The first-order valence-corrected chi connectivity index (χ1v) is 7.05. The molecule has 0 aliphatic carbocycles. The molecule has 3 rings (SSSR count). The summed E-state index contributed by atoms with van der Waals surface area (Å²) in [5.74, 6) is 0.218. The zero-order valence-electron chi connectivity index (χ0n) is 12.0. The normalized spacial score (nSPS) is 10.9. The molecule has 2 aromatic heterocycles. The third-order valence-corrected chi connectivity index (χ3v) is 3.64. The van der Waals surface area contributed by atoms with Gasteiger partial charge in [0, 0.05) is 31.2 Å². The van der Waals surface area contributed by atoms with E-state index in [9.17, 15) is 4.79 Å². The number of rotatable bonds is 5. The number of carbonyl (C=O) groups excluding carboxylic acids is 1. The van der Waals surface area contributed by atoms with Crippen LogP contribution in [0.1, 0.15) is 17.7 Å². The fourth-order valence-corrected chi connectivity index (χ4v) is 2.53. The topological polar surface area (TPSA) is 47.8 Å². The van der Waals surface area contributed by atoms with Gasteiger partial charge in [0.2, 0.25) is 0 Å². The second kappa shape index (κ2) is 5.87. The Morgan fingerprint density at radius 2 is 1.90 bits per heavy atom. The van der Waals surface area contributed by atoms with Crippen LogP contribution in [0.5, 0.6) is 0 Å². The Balaban J connectivity index is 1.69. The van der Waals surface area contributed by atoms with E-state index in [1.165, 1.54) is 0 Å². The number of aryl methyl sites for hydroxylation is 2. The molecular weight excluding hydrogens is 262 g/mol. The van der Waals surface area contributed by atoms with Crippen LogP contribution >= 0.6 is 0 Å². The van der Waals surface area contributed by atoms with Crippen molar-refractivity contribution in [2.75, 3.05) is 0 Å². The van der Waals surface area contributed by atoms with Gasteiger partial charge in [-0.3, -0.25) is 14.5 Å². The van der Waals surface area contributed by atoms with E-state index in [1.807, 2.05) is 48.1 Å². The first kappa shape index (κ1) is 13.5. The fraction of sp³-hybridized carbons (Fsp3) is 0.235. The standard InChI is InChI=1S/C17H17N3O/c1-20-17-5-3-2-4-15(17)16(19-20)12-14(21)7-6-13-8-10-18-11-9-13/h2-5,8-11H,6-7,12H2,1H3. The highest BCUT2D eigenvalue weighted by Crippen LogP contribution is 2.18. The minimum Gasteiger partial charge on any atom is -0.299 e. The van der Waals surface area contributed by atoms with Crippen LogP contribution in [-0.4, -0.2) is 20.5 Å². The van der Waals surface area contributed by atoms with Crippen LogP contribution in [0.3, 0.4) is 0 Å². The highest BCUT2D eigenvalue weighted by atomic mass is 16.1. The Labute approximate surface area is 123 Å². The maximum Gasteiger partial charge on any atom is 0.139 e. The molecule has 0 radical (unpaired) electrons. The molecule has 0 spiro atoms. The highest BCUT2D eigenvalue weighted by molar-refractivity contribution is 5.88.